The Morgan fingerprint density at radius 1 is 1.00 bits per heavy atom. The molecule has 0 fully saturated rings. The second kappa shape index (κ2) is 9.04. The van der Waals surface area contributed by atoms with E-state index in [4.69, 9.17) is 0 Å². The Morgan fingerprint density at radius 2 is 1.55 bits per heavy atom. The molecule has 1 unspecified atom stereocenters. The van der Waals surface area contributed by atoms with Crippen LogP contribution in [0.15, 0.2) is 0 Å². The molecular formula is C17H29O3. The van der Waals surface area contributed by atoms with Crippen molar-refractivity contribution >= 4 is 17.9 Å². The predicted octanol–water partition coefficient (Wildman–Crippen LogP) is 3.89. The van der Waals surface area contributed by atoms with Gasteiger partial charge in [0.15, 0.2) is 0 Å². The summed E-state index contributed by atoms with van der Waals surface area (Å²) in [5.41, 5.74) is -0.273. The van der Waals surface area contributed by atoms with E-state index in [1.807, 2.05) is 40.9 Å². The molecule has 1 atom stereocenters. The summed E-state index contributed by atoms with van der Waals surface area (Å²) in [5.74, 6) is 0.0274. The highest BCUT2D eigenvalue weighted by Crippen LogP contribution is 2.19. The van der Waals surface area contributed by atoms with Gasteiger partial charge in [0, 0.05) is 18.3 Å². The van der Waals surface area contributed by atoms with Crippen molar-refractivity contribution < 1.29 is 14.4 Å². The van der Waals surface area contributed by atoms with Gasteiger partial charge in [-0.05, 0) is 25.2 Å². The predicted molar refractivity (Wildman–Crippen MR) is 81.2 cm³/mol. The number of hydrogen-bond acceptors (Lipinski definition) is 3. The lowest BCUT2D eigenvalue weighted by molar-refractivity contribution is -0.126. The van der Waals surface area contributed by atoms with Crippen LogP contribution in [0.5, 0.6) is 0 Å². The first kappa shape index (κ1) is 19.0. The topological polar surface area (TPSA) is 51.2 Å². The molecule has 0 aliphatic heterocycles. The molecule has 0 rings (SSSR count). The summed E-state index contributed by atoms with van der Waals surface area (Å²) in [7, 11) is 0. The minimum atomic E-state index is -0.564. The van der Waals surface area contributed by atoms with Crippen LogP contribution in [-0.2, 0) is 14.4 Å². The largest absolute Gasteiger partial charge is 0.299 e. The number of Topliss-reactive ketones (excluding diaryl/α,β-unsaturated/α-hetero) is 2. The molecule has 3 heteroatoms. The molecule has 0 saturated heterocycles. The zero-order chi connectivity index (χ0) is 15.8. The van der Waals surface area contributed by atoms with Gasteiger partial charge in [0.1, 0.15) is 11.6 Å². The van der Waals surface area contributed by atoms with Crippen LogP contribution in [0.2, 0.25) is 0 Å². The van der Waals surface area contributed by atoms with Crippen molar-refractivity contribution in [3.8, 4) is 0 Å². The molecular weight excluding hydrogens is 252 g/mol. The first-order chi connectivity index (χ1) is 9.18. The Hall–Kier alpha value is -0.990. The fourth-order valence-electron chi connectivity index (χ4n) is 2.03. The van der Waals surface area contributed by atoms with Crippen molar-refractivity contribution in [1.82, 2.24) is 0 Å². The average molecular weight is 281 g/mol. The third-order valence-corrected chi connectivity index (χ3v) is 3.40. The molecule has 115 valence electrons. The monoisotopic (exact) mass is 281 g/mol. The van der Waals surface area contributed by atoms with Gasteiger partial charge in [-0.15, -0.1) is 0 Å². The first-order valence-electron chi connectivity index (χ1n) is 7.62. The normalized spacial score (nSPS) is 13.3. The number of unbranched alkanes of at least 4 members (excludes halogenated alkanes) is 2. The maximum Gasteiger partial charge on any atom is 0.209 e. The van der Waals surface area contributed by atoms with E-state index in [0.29, 0.717) is 25.2 Å². The smallest absolute Gasteiger partial charge is 0.209 e. The Balaban J connectivity index is 3.87. The first-order valence-corrected chi connectivity index (χ1v) is 7.62. The lowest BCUT2D eigenvalue weighted by Gasteiger charge is -2.16. The quantitative estimate of drug-likeness (QED) is 0.451. The van der Waals surface area contributed by atoms with E-state index in [1.165, 1.54) is 0 Å². The minimum absolute atomic E-state index is 0.00384. The van der Waals surface area contributed by atoms with Crippen LogP contribution in [0, 0.1) is 17.3 Å². The summed E-state index contributed by atoms with van der Waals surface area (Å²) in [5, 5.41) is 0. The molecule has 1 radical (unpaired) electrons. The molecule has 0 heterocycles. The molecule has 0 aliphatic rings. The number of carbonyl (C=O) groups excluding carboxylic acids is 3. The van der Waals surface area contributed by atoms with E-state index in [9.17, 15) is 14.4 Å². The Morgan fingerprint density at radius 3 is 2.00 bits per heavy atom. The van der Waals surface area contributed by atoms with Gasteiger partial charge < -0.3 is 0 Å². The highest BCUT2D eigenvalue weighted by molar-refractivity contribution is 5.93. The SMILES string of the molecule is CC(C)CC([C]=O)C(=O)CCCCCC(=O)C(C)(C)C. The molecule has 0 aromatic rings. The van der Waals surface area contributed by atoms with Crippen molar-refractivity contribution in [2.24, 2.45) is 17.3 Å². The van der Waals surface area contributed by atoms with E-state index in [1.54, 1.807) is 0 Å². The molecule has 0 saturated carbocycles. The summed E-state index contributed by atoms with van der Waals surface area (Å²) >= 11 is 0. The van der Waals surface area contributed by atoms with Gasteiger partial charge in [-0.2, -0.15) is 0 Å². The van der Waals surface area contributed by atoms with Gasteiger partial charge in [-0.25, -0.2) is 0 Å². The molecule has 0 bridgehead atoms. The summed E-state index contributed by atoms with van der Waals surface area (Å²) in [6.07, 6.45) is 5.89. The lowest BCUT2D eigenvalue weighted by atomic mass is 9.87. The molecule has 0 aliphatic carbocycles. The lowest BCUT2D eigenvalue weighted by Crippen LogP contribution is -2.19. The molecule has 0 spiro atoms. The van der Waals surface area contributed by atoms with Crippen LogP contribution < -0.4 is 0 Å². The van der Waals surface area contributed by atoms with Crippen LogP contribution in [-0.4, -0.2) is 17.9 Å². The summed E-state index contributed by atoms with van der Waals surface area (Å²) in [6, 6.07) is 0. The van der Waals surface area contributed by atoms with Gasteiger partial charge in [0.2, 0.25) is 6.29 Å². The standard InChI is InChI=1S/C17H29O3/c1-13(2)11-14(12-18)15(19)9-7-6-8-10-16(20)17(3,4)5/h13-14H,6-11H2,1-5H3. The Labute approximate surface area is 123 Å². The Bertz CT molecular complexity index is 324. The summed E-state index contributed by atoms with van der Waals surface area (Å²) in [4.78, 5) is 34.3. The fourth-order valence-corrected chi connectivity index (χ4v) is 2.03. The van der Waals surface area contributed by atoms with Gasteiger partial charge >= 0.3 is 0 Å². The molecule has 0 aromatic heterocycles. The van der Waals surface area contributed by atoms with Crippen molar-refractivity contribution in [3.05, 3.63) is 0 Å². The van der Waals surface area contributed by atoms with Gasteiger partial charge in [0.25, 0.3) is 0 Å². The van der Waals surface area contributed by atoms with Crippen LogP contribution in [0.3, 0.4) is 0 Å². The second-order valence-corrected chi connectivity index (χ2v) is 7.00. The maximum absolute atomic E-state index is 11.8. The molecule has 0 aromatic carbocycles. The van der Waals surface area contributed by atoms with E-state index >= 15 is 0 Å². The molecule has 0 amide bonds. The van der Waals surface area contributed by atoms with Crippen LogP contribution in [0.4, 0.5) is 0 Å². The number of hydrogen-bond donors (Lipinski definition) is 0. The Kier molecular flexibility index (Phi) is 8.59. The summed E-state index contributed by atoms with van der Waals surface area (Å²) < 4.78 is 0. The molecule has 3 nitrogen and oxygen atoms in total. The highest BCUT2D eigenvalue weighted by Gasteiger charge is 2.21. The van der Waals surface area contributed by atoms with E-state index < -0.39 is 5.92 Å². The van der Waals surface area contributed by atoms with Crippen LogP contribution in [0.1, 0.15) is 73.1 Å². The van der Waals surface area contributed by atoms with Crippen LogP contribution >= 0.6 is 0 Å². The fraction of sp³-hybridized carbons (Fsp3) is 0.824. The van der Waals surface area contributed by atoms with Gasteiger partial charge in [0.05, 0.1) is 5.92 Å². The summed E-state index contributed by atoms with van der Waals surface area (Å²) in [6.45, 7) is 9.77. The van der Waals surface area contributed by atoms with Crippen molar-refractivity contribution in [1.29, 1.82) is 0 Å². The minimum Gasteiger partial charge on any atom is -0.299 e. The van der Waals surface area contributed by atoms with Crippen LogP contribution in [0.25, 0.3) is 0 Å². The van der Waals surface area contributed by atoms with Crippen molar-refractivity contribution in [3.63, 3.8) is 0 Å². The number of carbonyl (C=O) groups is 2. The average Bonchev–Trinajstić information content (AvgIpc) is 2.33. The zero-order valence-electron chi connectivity index (χ0n) is 13.6. The van der Waals surface area contributed by atoms with Crippen molar-refractivity contribution in [2.75, 3.05) is 0 Å². The van der Waals surface area contributed by atoms with Gasteiger partial charge in [-0.1, -0.05) is 41.0 Å². The second-order valence-electron chi connectivity index (χ2n) is 7.00. The third kappa shape index (κ3) is 8.23. The van der Waals surface area contributed by atoms with E-state index in [2.05, 4.69) is 0 Å². The molecule has 20 heavy (non-hydrogen) atoms. The zero-order valence-corrected chi connectivity index (χ0v) is 13.6. The maximum atomic E-state index is 11.8. The highest BCUT2D eigenvalue weighted by atomic mass is 16.1. The number of rotatable bonds is 10. The molecule has 0 N–H and O–H groups in total. The van der Waals surface area contributed by atoms with Crippen molar-refractivity contribution in [2.45, 2.75) is 73.1 Å². The van der Waals surface area contributed by atoms with E-state index in [-0.39, 0.29) is 17.0 Å². The third-order valence-electron chi connectivity index (χ3n) is 3.40. The van der Waals surface area contributed by atoms with Gasteiger partial charge in [-0.3, -0.25) is 14.4 Å². The number of ketones is 2. The van der Waals surface area contributed by atoms with E-state index in [0.717, 1.165) is 19.3 Å².